The first kappa shape index (κ1) is 17.1. The number of anilines is 1. The second-order valence-electron chi connectivity index (χ2n) is 6.73. The Morgan fingerprint density at radius 2 is 1.85 bits per heavy atom. The van der Waals surface area contributed by atoms with Gasteiger partial charge in [-0.25, -0.2) is 8.42 Å². The molecule has 0 saturated carbocycles. The topological polar surface area (TPSA) is 66.9 Å². The third kappa shape index (κ3) is 2.27. The summed E-state index contributed by atoms with van der Waals surface area (Å²) in [6, 6.07) is 13.9. The zero-order valence-corrected chi connectivity index (χ0v) is 15.5. The summed E-state index contributed by atoms with van der Waals surface area (Å²) >= 11 is 0. The zero-order chi connectivity index (χ0) is 18.5. The van der Waals surface area contributed by atoms with Crippen LogP contribution in [0.15, 0.2) is 53.4 Å². The van der Waals surface area contributed by atoms with Crippen molar-refractivity contribution in [3.05, 3.63) is 54.1 Å². The smallest absolute Gasteiger partial charge is 0.243 e. The van der Waals surface area contributed by atoms with Crippen molar-refractivity contribution in [3.8, 4) is 5.75 Å². The number of hydrogen-bond acceptors (Lipinski definition) is 4. The number of likely N-dealkylation sites (N-methyl/N-ethyl adjacent to an activating group) is 1. The van der Waals surface area contributed by atoms with Gasteiger partial charge in [-0.3, -0.25) is 4.79 Å². The van der Waals surface area contributed by atoms with Crippen LogP contribution < -0.4 is 9.64 Å². The van der Waals surface area contributed by atoms with E-state index in [4.69, 9.17) is 4.74 Å². The number of ether oxygens (including phenoxy) is 1. The van der Waals surface area contributed by atoms with Crippen molar-refractivity contribution in [2.75, 3.05) is 32.1 Å². The predicted octanol–water partition coefficient (Wildman–Crippen LogP) is 2.00. The highest BCUT2D eigenvalue weighted by molar-refractivity contribution is 7.89. The molecular formula is C19H20N2O4S. The van der Waals surface area contributed by atoms with Gasteiger partial charge in [0.05, 0.1) is 17.4 Å². The molecule has 4 rings (SSSR count). The van der Waals surface area contributed by atoms with E-state index < -0.39 is 15.4 Å². The van der Waals surface area contributed by atoms with E-state index in [2.05, 4.69) is 0 Å². The van der Waals surface area contributed by atoms with E-state index in [0.29, 0.717) is 18.7 Å². The molecular weight excluding hydrogens is 352 g/mol. The van der Waals surface area contributed by atoms with E-state index in [1.807, 2.05) is 18.2 Å². The number of benzene rings is 2. The summed E-state index contributed by atoms with van der Waals surface area (Å²) in [6.45, 7) is 0.459. The monoisotopic (exact) mass is 372 g/mol. The molecule has 0 bridgehead atoms. The van der Waals surface area contributed by atoms with Crippen molar-refractivity contribution in [3.63, 3.8) is 0 Å². The average Bonchev–Trinajstić information content (AvgIpc) is 3.21. The first-order chi connectivity index (χ1) is 12.4. The molecule has 2 aliphatic rings. The van der Waals surface area contributed by atoms with E-state index in [1.54, 1.807) is 49.4 Å². The fourth-order valence-electron chi connectivity index (χ4n) is 3.98. The minimum absolute atomic E-state index is 0.0634. The highest BCUT2D eigenvalue weighted by Crippen LogP contribution is 2.48. The molecule has 1 fully saturated rings. The van der Waals surface area contributed by atoms with Crippen LogP contribution >= 0.6 is 0 Å². The molecule has 2 aromatic carbocycles. The summed E-state index contributed by atoms with van der Waals surface area (Å²) < 4.78 is 32.7. The Balaban J connectivity index is 1.75. The summed E-state index contributed by atoms with van der Waals surface area (Å²) in [5.74, 6) is 0.599. The van der Waals surface area contributed by atoms with Gasteiger partial charge in [0.1, 0.15) is 5.75 Å². The largest absolute Gasteiger partial charge is 0.497 e. The molecule has 0 aliphatic carbocycles. The Hall–Kier alpha value is -2.38. The van der Waals surface area contributed by atoms with Crippen molar-refractivity contribution >= 4 is 21.6 Å². The van der Waals surface area contributed by atoms with Gasteiger partial charge in [-0.15, -0.1) is 0 Å². The van der Waals surface area contributed by atoms with E-state index in [-0.39, 0.29) is 17.3 Å². The van der Waals surface area contributed by atoms with Crippen molar-refractivity contribution < 1.29 is 17.9 Å². The Morgan fingerprint density at radius 3 is 2.54 bits per heavy atom. The molecule has 7 heteroatoms. The summed E-state index contributed by atoms with van der Waals surface area (Å²) in [6.07, 6.45) is 0.461. The number of nitrogens with zero attached hydrogens (tertiary/aromatic N) is 2. The maximum Gasteiger partial charge on any atom is 0.243 e. The minimum atomic E-state index is -3.63. The van der Waals surface area contributed by atoms with Crippen molar-refractivity contribution in [2.24, 2.45) is 0 Å². The summed E-state index contributed by atoms with van der Waals surface area (Å²) in [5.41, 5.74) is 0.811. The highest BCUT2D eigenvalue weighted by atomic mass is 32.2. The number of methoxy groups -OCH3 is 1. The molecule has 6 nitrogen and oxygen atoms in total. The van der Waals surface area contributed by atoms with Gasteiger partial charge in [0.15, 0.2) is 0 Å². The van der Waals surface area contributed by atoms with E-state index in [1.165, 1.54) is 4.31 Å². The molecule has 136 valence electrons. The van der Waals surface area contributed by atoms with Crippen LogP contribution in [-0.2, 0) is 20.2 Å². The molecule has 0 aromatic heterocycles. The van der Waals surface area contributed by atoms with Gasteiger partial charge >= 0.3 is 0 Å². The SMILES string of the molecule is COc1ccc2c(c1)C1(CCN(S(=O)(=O)c3ccccc3)C1)C(=O)N2C. The van der Waals surface area contributed by atoms with Crippen LogP contribution in [0.3, 0.4) is 0 Å². The van der Waals surface area contributed by atoms with Gasteiger partial charge in [0.25, 0.3) is 0 Å². The molecule has 1 spiro atoms. The first-order valence-corrected chi connectivity index (χ1v) is 9.86. The highest BCUT2D eigenvalue weighted by Gasteiger charge is 2.55. The number of fused-ring (bicyclic) bond motifs is 2. The molecule has 1 saturated heterocycles. The molecule has 2 heterocycles. The number of sulfonamides is 1. The molecule has 26 heavy (non-hydrogen) atoms. The number of rotatable bonds is 3. The molecule has 1 amide bonds. The Kier molecular flexibility index (Phi) is 3.82. The second-order valence-corrected chi connectivity index (χ2v) is 8.67. The van der Waals surface area contributed by atoms with Gasteiger partial charge in [-0.2, -0.15) is 4.31 Å². The van der Waals surface area contributed by atoms with Crippen LogP contribution in [0.25, 0.3) is 0 Å². The summed E-state index contributed by atoms with van der Waals surface area (Å²) in [7, 11) is -0.318. The Morgan fingerprint density at radius 1 is 1.12 bits per heavy atom. The maximum atomic E-state index is 13.1. The van der Waals surface area contributed by atoms with Gasteiger partial charge in [-0.1, -0.05) is 18.2 Å². The zero-order valence-electron chi connectivity index (χ0n) is 14.7. The lowest BCUT2D eigenvalue weighted by Crippen LogP contribution is -2.42. The number of amides is 1. The van der Waals surface area contributed by atoms with E-state index in [0.717, 1.165) is 11.3 Å². The van der Waals surface area contributed by atoms with E-state index >= 15 is 0 Å². The van der Waals surface area contributed by atoms with Crippen molar-refractivity contribution in [1.82, 2.24) is 4.31 Å². The summed E-state index contributed by atoms with van der Waals surface area (Å²) in [4.78, 5) is 14.9. The second kappa shape index (κ2) is 5.82. The lowest BCUT2D eigenvalue weighted by Gasteiger charge is -2.23. The van der Waals surface area contributed by atoms with Gasteiger partial charge < -0.3 is 9.64 Å². The standard InChI is InChI=1S/C19H20N2O4S/c1-20-17-9-8-14(25-2)12-16(17)19(18(20)22)10-11-21(13-19)26(23,24)15-6-4-3-5-7-15/h3-9,12H,10-11,13H2,1-2H3. The van der Waals surface area contributed by atoms with Crippen molar-refractivity contribution in [1.29, 1.82) is 0 Å². The summed E-state index contributed by atoms with van der Waals surface area (Å²) in [5, 5.41) is 0. The van der Waals surface area contributed by atoms with Crippen LogP contribution in [0.1, 0.15) is 12.0 Å². The third-order valence-electron chi connectivity index (χ3n) is 5.41. The number of hydrogen-bond donors (Lipinski definition) is 0. The number of carbonyl (C=O) groups excluding carboxylic acids is 1. The maximum absolute atomic E-state index is 13.1. The lowest BCUT2D eigenvalue weighted by molar-refractivity contribution is -0.122. The fraction of sp³-hybridized carbons (Fsp3) is 0.316. The molecule has 1 unspecified atom stereocenters. The van der Waals surface area contributed by atoms with Crippen molar-refractivity contribution in [2.45, 2.75) is 16.7 Å². The molecule has 1 atom stereocenters. The molecule has 0 N–H and O–H groups in total. The van der Waals surface area contributed by atoms with Crippen LogP contribution in [0.4, 0.5) is 5.69 Å². The van der Waals surface area contributed by atoms with Crippen LogP contribution in [-0.4, -0.2) is 45.9 Å². The van der Waals surface area contributed by atoms with Crippen LogP contribution in [0.2, 0.25) is 0 Å². The normalized spacial score (nSPS) is 22.8. The predicted molar refractivity (Wildman–Crippen MR) is 97.9 cm³/mol. The van der Waals surface area contributed by atoms with Gasteiger partial charge in [0, 0.05) is 25.8 Å². The molecule has 2 aromatic rings. The van der Waals surface area contributed by atoms with Gasteiger partial charge in [0.2, 0.25) is 15.9 Å². The fourth-order valence-corrected chi connectivity index (χ4v) is 5.50. The van der Waals surface area contributed by atoms with Crippen LogP contribution in [0.5, 0.6) is 5.75 Å². The first-order valence-electron chi connectivity index (χ1n) is 8.42. The van der Waals surface area contributed by atoms with Crippen LogP contribution in [0, 0.1) is 0 Å². The Bertz CT molecular complexity index is 974. The quantitative estimate of drug-likeness (QED) is 0.827. The van der Waals surface area contributed by atoms with E-state index in [9.17, 15) is 13.2 Å². The molecule has 0 radical (unpaired) electrons. The third-order valence-corrected chi connectivity index (χ3v) is 7.27. The lowest BCUT2D eigenvalue weighted by atomic mass is 9.81. The molecule has 2 aliphatic heterocycles. The number of carbonyl (C=O) groups is 1. The minimum Gasteiger partial charge on any atom is -0.497 e. The average molecular weight is 372 g/mol. The van der Waals surface area contributed by atoms with Gasteiger partial charge in [-0.05, 0) is 42.3 Å². The Labute approximate surface area is 153 Å².